The van der Waals surface area contributed by atoms with Crippen molar-refractivity contribution in [3.63, 3.8) is 0 Å². The number of likely N-dealkylation sites (tertiary alicyclic amines) is 1. The second-order valence-electron chi connectivity index (χ2n) is 9.33. The number of aliphatic hydroxyl groups is 1. The summed E-state index contributed by atoms with van der Waals surface area (Å²) in [5, 5.41) is 24.0. The summed E-state index contributed by atoms with van der Waals surface area (Å²) in [7, 11) is 0. The number of nitrogens with zero attached hydrogens (tertiary/aromatic N) is 1. The number of carbonyl (C=O) groups is 2. The van der Waals surface area contributed by atoms with Crippen molar-refractivity contribution in [2.45, 2.75) is 83.9 Å². The van der Waals surface area contributed by atoms with Gasteiger partial charge in [-0.1, -0.05) is 39.2 Å². The molecule has 1 amide bonds. The van der Waals surface area contributed by atoms with E-state index in [0.29, 0.717) is 42.3 Å². The first-order valence-electron chi connectivity index (χ1n) is 11.9. The van der Waals surface area contributed by atoms with Crippen LogP contribution in [0.25, 0.3) is 0 Å². The Morgan fingerprint density at radius 3 is 2.55 bits per heavy atom. The number of aromatic hydroxyl groups is 1. The average molecular weight is 431 g/mol. The maximum absolute atomic E-state index is 12.9. The topological polar surface area (TPSA) is 89.9 Å². The third-order valence-electron chi connectivity index (χ3n) is 7.36. The maximum Gasteiger partial charge on any atom is 0.252 e. The summed E-state index contributed by atoms with van der Waals surface area (Å²) in [5.41, 5.74) is 1.05. The SMILES string of the molecule is CCc1c(O)cccc1C(=O)NC(CC)C(O)CN1C[C@H]2CCCC[C@H]2C[C@H]1C(C)=O. The fourth-order valence-electron chi connectivity index (χ4n) is 5.57. The summed E-state index contributed by atoms with van der Waals surface area (Å²) in [6.45, 7) is 6.72. The zero-order valence-electron chi connectivity index (χ0n) is 19.1. The van der Waals surface area contributed by atoms with E-state index in [1.54, 1.807) is 25.1 Å². The number of carbonyl (C=O) groups excluding carboxylic acids is 2. The van der Waals surface area contributed by atoms with Gasteiger partial charge in [0.15, 0.2) is 0 Å². The smallest absolute Gasteiger partial charge is 0.252 e. The molecule has 3 rings (SSSR count). The molecule has 1 aromatic rings. The molecule has 1 aromatic carbocycles. The van der Waals surface area contributed by atoms with E-state index in [2.05, 4.69) is 10.2 Å². The Morgan fingerprint density at radius 1 is 1.19 bits per heavy atom. The molecule has 6 heteroatoms. The zero-order chi connectivity index (χ0) is 22.5. The molecule has 0 aromatic heterocycles. The summed E-state index contributed by atoms with van der Waals surface area (Å²) < 4.78 is 0. The van der Waals surface area contributed by atoms with Crippen LogP contribution >= 0.6 is 0 Å². The molecule has 0 bridgehead atoms. The van der Waals surface area contributed by atoms with E-state index < -0.39 is 12.1 Å². The highest BCUT2D eigenvalue weighted by atomic mass is 16.3. The van der Waals surface area contributed by atoms with Crippen molar-refractivity contribution in [2.24, 2.45) is 11.8 Å². The number of phenolic OH excluding ortho intramolecular Hbond substituents is 1. The number of hydrogen-bond acceptors (Lipinski definition) is 5. The highest BCUT2D eigenvalue weighted by Crippen LogP contribution is 2.38. The van der Waals surface area contributed by atoms with E-state index in [4.69, 9.17) is 0 Å². The van der Waals surface area contributed by atoms with Gasteiger partial charge in [-0.15, -0.1) is 0 Å². The monoisotopic (exact) mass is 430 g/mol. The van der Waals surface area contributed by atoms with Crippen molar-refractivity contribution < 1.29 is 19.8 Å². The van der Waals surface area contributed by atoms with Gasteiger partial charge in [0.2, 0.25) is 0 Å². The number of phenols is 1. The fourth-order valence-corrected chi connectivity index (χ4v) is 5.57. The van der Waals surface area contributed by atoms with E-state index in [0.717, 1.165) is 13.0 Å². The summed E-state index contributed by atoms with van der Waals surface area (Å²) in [6, 6.07) is 4.38. The highest BCUT2D eigenvalue weighted by molar-refractivity contribution is 5.96. The minimum atomic E-state index is -0.765. The third kappa shape index (κ3) is 5.47. The zero-order valence-corrected chi connectivity index (χ0v) is 19.1. The Labute approximate surface area is 186 Å². The Kier molecular flexibility index (Phi) is 8.11. The van der Waals surface area contributed by atoms with Gasteiger partial charge in [0.05, 0.1) is 18.2 Å². The molecular weight excluding hydrogens is 392 g/mol. The van der Waals surface area contributed by atoms with Crippen molar-refractivity contribution in [1.29, 1.82) is 0 Å². The number of rotatable bonds is 8. The van der Waals surface area contributed by atoms with Crippen LogP contribution in [0.2, 0.25) is 0 Å². The molecule has 1 heterocycles. The van der Waals surface area contributed by atoms with Crippen LogP contribution in [-0.2, 0) is 11.2 Å². The number of ketones is 1. The molecule has 3 N–H and O–H groups in total. The number of aliphatic hydroxyl groups excluding tert-OH is 1. The lowest BCUT2D eigenvalue weighted by Gasteiger charge is -2.46. The van der Waals surface area contributed by atoms with E-state index in [-0.39, 0.29) is 23.5 Å². The number of piperidine rings is 1. The number of amides is 1. The van der Waals surface area contributed by atoms with E-state index >= 15 is 0 Å². The fraction of sp³-hybridized carbons (Fsp3) is 0.680. The predicted molar refractivity (Wildman–Crippen MR) is 121 cm³/mol. The minimum absolute atomic E-state index is 0.114. The second kappa shape index (κ2) is 10.6. The molecule has 1 aliphatic heterocycles. The van der Waals surface area contributed by atoms with Crippen molar-refractivity contribution in [3.05, 3.63) is 29.3 Å². The molecular formula is C25H38N2O4. The van der Waals surface area contributed by atoms with Crippen LogP contribution in [0.15, 0.2) is 18.2 Å². The Hall–Kier alpha value is -1.92. The van der Waals surface area contributed by atoms with Crippen molar-refractivity contribution in [1.82, 2.24) is 10.2 Å². The van der Waals surface area contributed by atoms with Gasteiger partial charge in [0, 0.05) is 24.2 Å². The lowest BCUT2D eigenvalue weighted by Crippen LogP contribution is -2.56. The molecule has 1 saturated carbocycles. The number of nitrogens with one attached hydrogen (secondary N) is 1. The predicted octanol–water partition coefficient (Wildman–Crippen LogP) is 3.29. The van der Waals surface area contributed by atoms with Crippen LogP contribution < -0.4 is 5.32 Å². The van der Waals surface area contributed by atoms with E-state index in [1.807, 2.05) is 13.8 Å². The van der Waals surface area contributed by atoms with Gasteiger partial charge < -0.3 is 15.5 Å². The molecule has 172 valence electrons. The average Bonchev–Trinajstić information content (AvgIpc) is 2.76. The van der Waals surface area contributed by atoms with Gasteiger partial charge in [-0.05, 0) is 56.6 Å². The van der Waals surface area contributed by atoms with Gasteiger partial charge in [-0.3, -0.25) is 14.5 Å². The van der Waals surface area contributed by atoms with Crippen LogP contribution in [-0.4, -0.2) is 58.1 Å². The summed E-state index contributed by atoms with van der Waals surface area (Å²) in [5.74, 6) is 1.22. The largest absolute Gasteiger partial charge is 0.508 e. The van der Waals surface area contributed by atoms with Gasteiger partial charge in [0.1, 0.15) is 11.5 Å². The van der Waals surface area contributed by atoms with Crippen LogP contribution in [0.5, 0.6) is 5.75 Å². The van der Waals surface area contributed by atoms with Crippen molar-refractivity contribution in [3.8, 4) is 5.75 Å². The summed E-state index contributed by atoms with van der Waals surface area (Å²) in [4.78, 5) is 27.4. The van der Waals surface area contributed by atoms with Gasteiger partial charge >= 0.3 is 0 Å². The molecule has 1 aliphatic carbocycles. The van der Waals surface area contributed by atoms with Crippen LogP contribution in [0, 0.1) is 11.8 Å². The molecule has 0 radical (unpaired) electrons. The van der Waals surface area contributed by atoms with Gasteiger partial charge in [0.25, 0.3) is 5.91 Å². The van der Waals surface area contributed by atoms with Gasteiger partial charge in [-0.2, -0.15) is 0 Å². The number of fused-ring (bicyclic) bond motifs is 1. The first-order valence-corrected chi connectivity index (χ1v) is 11.9. The van der Waals surface area contributed by atoms with Crippen molar-refractivity contribution in [2.75, 3.05) is 13.1 Å². The number of hydrogen-bond donors (Lipinski definition) is 3. The normalized spacial score (nSPS) is 26.0. The second-order valence-corrected chi connectivity index (χ2v) is 9.33. The Morgan fingerprint density at radius 2 is 1.90 bits per heavy atom. The molecule has 2 fully saturated rings. The summed E-state index contributed by atoms with van der Waals surface area (Å²) >= 11 is 0. The first-order chi connectivity index (χ1) is 14.8. The molecule has 31 heavy (non-hydrogen) atoms. The number of Topliss-reactive ketones (excluding diaryl/α,β-unsaturated/α-hetero) is 1. The lowest BCUT2D eigenvalue weighted by atomic mass is 9.72. The highest BCUT2D eigenvalue weighted by Gasteiger charge is 2.39. The molecule has 5 atom stereocenters. The summed E-state index contributed by atoms with van der Waals surface area (Å²) in [6.07, 6.45) is 6.17. The van der Waals surface area contributed by atoms with Crippen LogP contribution in [0.4, 0.5) is 0 Å². The maximum atomic E-state index is 12.9. The third-order valence-corrected chi connectivity index (χ3v) is 7.36. The molecule has 2 unspecified atom stereocenters. The quantitative estimate of drug-likeness (QED) is 0.589. The Bertz CT molecular complexity index is 781. The molecule has 2 aliphatic rings. The number of benzene rings is 1. The van der Waals surface area contributed by atoms with E-state index in [9.17, 15) is 19.8 Å². The van der Waals surface area contributed by atoms with Crippen molar-refractivity contribution >= 4 is 11.7 Å². The van der Waals surface area contributed by atoms with Crippen LogP contribution in [0.1, 0.15) is 75.2 Å². The van der Waals surface area contributed by atoms with Gasteiger partial charge in [-0.25, -0.2) is 0 Å². The molecule has 0 spiro atoms. The van der Waals surface area contributed by atoms with Crippen LogP contribution in [0.3, 0.4) is 0 Å². The lowest BCUT2D eigenvalue weighted by molar-refractivity contribution is -0.126. The standard InChI is InChI=1S/C25H38N2O4/c1-4-19-20(11-8-12-23(19)29)25(31)26-21(5-2)24(30)15-27-14-18-10-7-6-9-17(18)13-22(27)16(3)28/h8,11-12,17-18,21-22,24,29-30H,4-7,9-10,13-15H2,1-3H3,(H,26,31)/t17-,18+,21?,22-,24?/m0/s1. The molecule has 6 nitrogen and oxygen atoms in total. The first kappa shape index (κ1) is 23.7. The minimum Gasteiger partial charge on any atom is -0.508 e. The number of β-amino-alcohol motifs (C(OH)–C–C–N with tert-alkyl or cyclic N) is 1. The molecule has 1 saturated heterocycles. The van der Waals surface area contributed by atoms with E-state index in [1.165, 1.54) is 25.7 Å². The Balaban J connectivity index is 1.68.